The monoisotopic (exact) mass is 340 g/mol. The summed E-state index contributed by atoms with van der Waals surface area (Å²) in [5.74, 6) is 1.56. The lowest BCUT2D eigenvalue weighted by molar-refractivity contribution is -0.670. The molecule has 0 unspecified atom stereocenters. The summed E-state index contributed by atoms with van der Waals surface area (Å²) in [4.78, 5) is 0. The van der Waals surface area contributed by atoms with Crippen molar-refractivity contribution in [3.05, 3.63) is 57.6 Å². The van der Waals surface area contributed by atoms with Gasteiger partial charge in [0.1, 0.15) is 6.54 Å². The van der Waals surface area contributed by atoms with E-state index in [0.29, 0.717) is 5.02 Å². The summed E-state index contributed by atoms with van der Waals surface area (Å²) in [5.41, 5.74) is 2.23. The van der Waals surface area contributed by atoms with E-state index in [2.05, 4.69) is 5.32 Å². The predicted octanol–water partition coefficient (Wildman–Crippen LogP) is 3.32. The molecule has 3 nitrogen and oxygen atoms in total. The molecule has 118 valence electrons. The number of quaternary nitrogens is 1. The van der Waals surface area contributed by atoms with Crippen LogP contribution in [0.15, 0.2) is 36.4 Å². The number of ether oxygens (including phenoxy) is 2. The molecule has 0 saturated carbocycles. The molecule has 0 bridgehead atoms. The minimum atomic E-state index is 0.666. The van der Waals surface area contributed by atoms with Crippen LogP contribution >= 0.6 is 23.2 Å². The maximum absolute atomic E-state index is 6.18. The van der Waals surface area contributed by atoms with Gasteiger partial charge in [0.15, 0.2) is 11.5 Å². The molecule has 0 fully saturated rings. The van der Waals surface area contributed by atoms with E-state index in [1.165, 1.54) is 0 Å². The second-order valence-corrected chi connectivity index (χ2v) is 5.76. The molecule has 22 heavy (non-hydrogen) atoms. The number of rotatable bonds is 7. The SMILES string of the molecule is COc1cccc(C[NH2+]CCc2ccc(Cl)cc2Cl)c1OC. The van der Waals surface area contributed by atoms with Gasteiger partial charge in [-0.05, 0) is 29.8 Å². The summed E-state index contributed by atoms with van der Waals surface area (Å²) < 4.78 is 10.7. The molecule has 0 aliphatic heterocycles. The van der Waals surface area contributed by atoms with E-state index in [9.17, 15) is 0 Å². The molecule has 0 spiro atoms. The van der Waals surface area contributed by atoms with Crippen LogP contribution in [0.1, 0.15) is 11.1 Å². The highest BCUT2D eigenvalue weighted by Gasteiger charge is 2.10. The van der Waals surface area contributed by atoms with Crippen LogP contribution in [0.3, 0.4) is 0 Å². The summed E-state index contributed by atoms with van der Waals surface area (Å²) in [7, 11) is 3.31. The van der Waals surface area contributed by atoms with Gasteiger partial charge >= 0.3 is 0 Å². The first-order valence-electron chi connectivity index (χ1n) is 7.11. The summed E-state index contributed by atoms with van der Waals surface area (Å²) in [6.45, 7) is 1.76. The molecule has 0 atom stereocenters. The van der Waals surface area contributed by atoms with Crippen molar-refractivity contribution in [1.82, 2.24) is 0 Å². The molecule has 2 rings (SSSR count). The van der Waals surface area contributed by atoms with Gasteiger partial charge in [-0.1, -0.05) is 35.3 Å². The number of methoxy groups -OCH3 is 2. The van der Waals surface area contributed by atoms with Crippen LogP contribution in [0.25, 0.3) is 0 Å². The molecule has 0 aromatic heterocycles. The number of hydrogen-bond donors (Lipinski definition) is 1. The van der Waals surface area contributed by atoms with Crippen molar-refractivity contribution in [3.63, 3.8) is 0 Å². The van der Waals surface area contributed by atoms with Gasteiger partial charge in [-0.15, -0.1) is 0 Å². The zero-order valence-electron chi connectivity index (χ0n) is 12.7. The fraction of sp³-hybridized carbons (Fsp3) is 0.294. The molecule has 2 aromatic carbocycles. The average molecular weight is 341 g/mol. The number of hydrogen-bond acceptors (Lipinski definition) is 2. The van der Waals surface area contributed by atoms with Crippen LogP contribution in [0.2, 0.25) is 10.0 Å². The zero-order valence-corrected chi connectivity index (χ0v) is 14.2. The van der Waals surface area contributed by atoms with Gasteiger partial charge in [0, 0.05) is 16.5 Å². The number of halogens is 2. The third-order valence-corrected chi connectivity index (χ3v) is 4.07. The first-order valence-corrected chi connectivity index (χ1v) is 7.86. The number of benzene rings is 2. The third-order valence-electron chi connectivity index (χ3n) is 3.48. The summed E-state index contributed by atoms with van der Waals surface area (Å²) >= 11 is 12.1. The zero-order chi connectivity index (χ0) is 15.9. The van der Waals surface area contributed by atoms with Crippen LogP contribution in [-0.2, 0) is 13.0 Å². The minimum absolute atomic E-state index is 0.666. The molecule has 0 aliphatic carbocycles. The van der Waals surface area contributed by atoms with Crippen LogP contribution in [-0.4, -0.2) is 20.8 Å². The van der Waals surface area contributed by atoms with Gasteiger partial charge < -0.3 is 14.8 Å². The Morgan fingerprint density at radius 3 is 2.50 bits per heavy atom. The molecule has 0 saturated heterocycles. The van der Waals surface area contributed by atoms with Crippen molar-refractivity contribution in [1.29, 1.82) is 0 Å². The van der Waals surface area contributed by atoms with Crippen molar-refractivity contribution in [3.8, 4) is 11.5 Å². The van der Waals surface area contributed by atoms with Crippen molar-refractivity contribution >= 4 is 23.2 Å². The minimum Gasteiger partial charge on any atom is -0.493 e. The van der Waals surface area contributed by atoms with Crippen molar-refractivity contribution in [2.45, 2.75) is 13.0 Å². The highest BCUT2D eigenvalue weighted by molar-refractivity contribution is 6.35. The summed E-state index contributed by atoms with van der Waals surface area (Å²) in [5, 5.41) is 3.61. The van der Waals surface area contributed by atoms with Crippen molar-refractivity contribution in [2.24, 2.45) is 0 Å². The standard InChI is InChI=1S/C17H19Cl2NO2/c1-21-16-5-3-4-13(17(16)22-2)11-20-9-8-12-6-7-14(18)10-15(12)19/h3-7,10,20H,8-9,11H2,1-2H3/p+1. The largest absolute Gasteiger partial charge is 0.493 e. The average Bonchev–Trinajstić information content (AvgIpc) is 2.52. The summed E-state index contributed by atoms with van der Waals surface area (Å²) in [6, 6.07) is 11.5. The predicted molar refractivity (Wildman–Crippen MR) is 90.2 cm³/mol. The van der Waals surface area contributed by atoms with Gasteiger partial charge in [-0.3, -0.25) is 0 Å². The lowest BCUT2D eigenvalue weighted by atomic mass is 10.1. The van der Waals surface area contributed by atoms with Gasteiger partial charge in [-0.2, -0.15) is 0 Å². The lowest BCUT2D eigenvalue weighted by Crippen LogP contribution is -2.83. The van der Waals surface area contributed by atoms with Crippen LogP contribution in [0.4, 0.5) is 0 Å². The highest BCUT2D eigenvalue weighted by atomic mass is 35.5. The molecule has 5 heteroatoms. The Morgan fingerprint density at radius 2 is 1.82 bits per heavy atom. The fourth-order valence-electron chi connectivity index (χ4n) is 2.35. The second kappa shape index (κ2) is 8.28. The number of para-hydroxylation sites is 1. The van der Waals surface area contributed by atoms with Crippen molar-refractivity contribution < 1.29 is 14.8 Å². The van der Waals surface area contributed by atoms with Gasteiger partial charge in [-0.25, -0.2) is 0 Å². The first kappa shape index (κ1) is 16.9. The van der Waals surface area contributed by atoms with Crippen LogP contribution in [0, 0.1) is 0 Å². The molecule has 2 N–H and O–H groups in total. The summed E-state index contributed by atoms with van der Waals surface area (Å²) in [6.07, 6.45) is 0.891. The lowest BCUT2D eigenvalue weighted by Gasteiger charge is -2.11. The maximum atomic E-state index is 6.18. The Hall–Kier alpha value is -1.42. The maximum Gasteiger partial charge on any atom is 0.169 e. The van der Waals surface area contributed by atoms with E-state index < -0.39 is 0 Å². The topological polar surface area (TPSA) is 35.1 Å². The van der Waals surface area contributed by atoms with E-state index in [1.54, 1.807) is 20.3 Å². The van der Waals surface area contributed by atoms with Gasteiger partial charge in [0.05, 0.1) is 26.3 Å². The van der Waals surface area contributed by atoms with E-state index in [4.69, 9.17) is 32.7 Å². The Kier molecular flexibility index (Phi) is 6.37. The smallest absolute Gasteiger partial charge is 0.169 e. The highest BCUT2D eigenvalue weighted by Crippen LogP contribution is 2.29. The molecular formula is C17H20Cl2NO2+. The molecule has 2 aromatic rings. The van der Waals surface area contributed by atoms with E-state index in [-0.39, 0.29) is 0 Å². The van der Waals surface area contributed by atoms with Crippen LogP contribution < -0.4 is 14.8 Å². The first-order chi connectivity index (χ1) is 10.7. The second-order valence-electron chi connectivity index (χ2n) is 4.92. The Bertz CT molecular complexity index is 632. The molecule has 0 amide bonds. The quantitative estimate of drug-likeness (QED) is 0.784. The normalized spacial score (nSPS) is 10.5. The molecule has 0 heterocycles. The van der Waals surface area contributed by atoms with E-state index in [0.717, 1.165) is 47.2 Å². The van der Waals surface area contributed by atoms with E-state index >= 15 is 0 Å². The molecule has 0 radical (unpaired) electrons. The Morgan fingerprint density at radius 1 is 1.00 bits per heavy atom. The third kappa shape index (κ3) is 4.29. The van der Waals surface area contributed by atoms with E-state index in [1.807, 2.05) is 30.3 Å². The van der Waals surface area contributed by atoms with Gasteiger partial charge in [0.25, 0.3) is 0 Å². The van der Waals surface area contributed by atoms with Crippen LogP contribution in [0.5, 0.6) is 11.5 Å². The van der Waals surface area contributed by atoms with Crippen molar-refractivity contribution in [2.75, 3.05) is 20.8 Å². The van der Waals surface area contributed by atoms with Gasteiger partial charge in [0.2, 0.25) is 0 Å². The fourth-order valence-corrected chi connectivity index (χ4v) is 2.86. The number of nitrogens with two attached hydrogens (primary N) is 1. The Balaban J connectivity index is 1.91. The Labute approximate surface area is 141 Å². The molecular weight excluding hydrogens is 321 g/mol. The molecule has 0 aliphatic rings.